The predicted octanol–water partition coefficient (Wildman–Crippen LogP) is 9.37. The number of phosphoric acid groups is 1. The van der Waals surface area contributed by atoms with E-state index >= 15 is 0 Å². The highest BCUT2D eigenvalue weighted by Gasteiger charge is 2.51. The Morgan fingerprint density at radius 2 is 0.825 bits per heavy atom. The van der Waals surface area contributed by atoms with Gasteiger partial charge in [0, 0.05) is 13.0 Å². The van der Waals surface area contributed by atoms with Gasteiger partial charge < -0.3 is 39.9 Å². The molecule has 1 aliphatic rings. The van der Waals surface area contributed by atoms with Crippen molar-refractivity contribution < 1.29 is 58.3 Å². The lowest BCUT2D eigenvalue weighted by atomic mass is 9.85. The molecule has 0 aromatic carbocycles. The van der Waals surface area contributed by atoms with Crippen LogP contribution in [0.3, 0.4) is 0 Å². The first-order valence-corrected chi connectivity index (χ1v) is 24.9. The molecule has 12 nitrogen and oxygen atoms in total. The minimum absolute atomic E-state index is 0.0681. The lowest BCUT2D eigenvalue weighted by Crippen LogP contribution is -2.64. The molecule has 0 saturated heterocycles. The van der Waals surface area contributed by atoms with Crippen molar-refractivity contribution in [3.05, 3.63) is 0 Å². The van der Waals surface area contributed by atoms with Crippen molar-refractivity contribution in [2.45, 2.75) is 256 Å². The number of hydrogen-bond acceptors (Lipinski definition) is 11. The standard InChI is InChI=1S/C44H87O12P/c1-3-5-7-9-11-13-15-16-17-18-19-20-21-22-24-26-28-30-32-34-53-35-37(55-38(45)33-31-29-27-25-23-14-12-10-8-6-4-2)36-54-57(51,52)56-44-42(49)40(47)39(46)41(48)43(44)50/h37,39-44,46-50H,3-36H2,1-2H3,(H,51,52). The predicted molar refractivity (Wildman–Crippen MR) is 226 cm³/mol. The maximum absolute atomic E-state index is 12.8. The van der Waals surface area contributed by atoms with E-state index in [9.17, 15) is 39.8 Å². The van der Waals surface area contributed by atoms with Crippen molar-refractivity contribution in [3.63, 3.8) is 0 Å². The maximum atomic E-state index is 12.8. The molecule has 13 heteroatoms. The van der Waals surface area contributed by atoms with Gasteiger partial charge in [0.1, 0.15) is 42.7 Å². The Hall–Kier alpha value is -0.660. The van der Waals surface area contributed by atoms with Crippen LogP contribution in [0.2, 0.25) is 0 Å². The molecular weight excluding hydrogens is 751 g/mol. The summed E-state index contributed by atoms with van der Waals surface area (Å²) in [5.74, 6) is -0.473. The second-order valence-electron chi connectivity index (χ2n) is 16.6. The molecule has 0 bridgehead atoms. The SMILES string of the molecule is CCCCCCCCCCCCCCCCCCCCCOCC(COP(=O)(O)OC1C(O)C(O)C(O)C(O)C1O)OC(=O)CCCCCCCCCCCCC. The van der Waals surface area contributed by atoms with Gasteiger partial charge in [0.2, 0.25) is 0 Å². The van der Waals surface area contributed by atoms with Crippen LogP contribution < -0.4 is 0 Å². The molecule has 0 radical (unpaired) electrons. The van der Waals surface area contributed by atoms with Gasteiger partial charge in [-0.3, -0.25) is 13.8 Å². The number of hydrogen-bond donors (Lipinski definition) is 6. The molecule has 6 unspecified atom stereocenters. The summed E-state index contributed by atoms with van der Waals surface area (Å²) in [6.45, 7) is 4.28. The average molecular weight is 839 g/mol. The Labute approximate surface area is 346 Å². The Morgan fingerprint density at radius 3 is 1.21 bits per heavy atom. The molecule has 1 aliphatic carbocycles. The molecule has 0 spiro atoms. The topological polar surface area (TPSA) is 192 Å². The van der Waals surface area contributed by atoms with Gasteiger partial charge in [-0.1, -0.05) is 194 Å². The number of carbonyl (C=O) groups excluding carboxylic acids is 1. The van der Waals surface area contributed by atoms with Crippen LogP contribution in [0, 0.1) is 0 Å². The second-order valence-corrected chi connectivity index (χ2v) is 18.0. The Kier molecular flexibility index (Phi) is 34.4. The van der Waals surface area contributed by atoms with Crippen LogP contribution in [-0.4, -0.2) is 98.9 Å². The third kappa shape index (κ3) is 28.5. The molecule has 0 aromatic rings. The smallest absolute Gasteiger partial charge is 0.457 e. The summed E-state index contributed by atoms with van der Waals surface area (Å²) >= 11 is 0. The van der Waals surface area contributed by atoms with E-state index in [1.165, 1.54) is 148 Å². The van der Waals surface area contributed by atoms with E-state index in [1.807, 2.05) is 0 Å². The zero-order chi connectivity index (χ0) is 42.0. The van der Waals surface area contributed by atoms with Crippen LogP contribution >= 0.6 is 7.82 Å². The lowest BCUT2D eigenvalue weighted by Gasteiger charge is -2.41. The van der Waals surface area contributed by atoms with Gasteiger partial charge in [0.05, 0.1) is 13.2 Å². The van der Waals surface area contributed by atoms with Crippen LogP contribution in [0.1, 0.15) is 213 Å². The second kappa shape index (κ2) is 36.0. The fourth-order valence-corrected chi connectivity index (χ4v) is 8.45. The maximum Gasteiger partial charge on any atom is 0.472 e. The number of unbranched alkanes of at least 4 members (excludes halogenated alkanes) is 28. The summed E-state index contributed by atoms with van der Waals surface area (Å²) in [7, 11) is -5.01. The average Bonchev–Trinajstić information content (AvgIpc) is 3.19. The number of ether oxygens (including phenoxy) is 2. The molecule has 1 saturated carbocycles. The molecule has 6 atom stereocenters. The van der Waals surface area contributed by atoms with Gasteiger partial charge in [-0.25, -0.2) is 4.57 Å². The first kappa shape index (κ1) is 54.4. The van der Waals surface area contributed by atoms with Gasteiger partial charge in [-0.15, -0.1) is 0 Å². The number of rotatable bonds is 40. The van der Waals surface area contributed by atoms with Gasteiger partial charge in [-0.2, -0.15) is 0 Å². The summed E-state index contributed by atoms with van der Waals surface area (Å²) in [5.41, 5.74) is 0. The highest BCUT2D eigenvalue weighted by Crippen LogP contribution is 2.47. The Morgan fingerprint density at radius 1 is 0.491 bits per heavy atom. The first-order valence-electron chi connectivity index (χ1n) is 23.4. The van der Waals surface area contributed by atoms with Crippen molar-refractivity contribution in [1.29, 1.82) is 0 Å². The molecule has 0 heterocycles. The highest BCUT2D eigenvalue weighted by atomic mass is 31.2. The van der Waals surface area contributed by atoms with Gasteiger partial charge >= 0.3 is 13.8 Å². The summed E-state index contributed by atoms with van der Waals surface area (Å²) in [6.07, 6.45) is 24.7. The number of phosphoric ester groups is 1. The molecule has 0 aliphatic heterocycles. The molecule has 1 rings (SSSR count). The van der Waals surface area contributed by atoms with E-state index in [0.29, 0.717) is 13.0 Å². The normalized spacial score (nSPS) is 22.7. The Balaban J connectivity index is 2.34. The first-order chi connectivity index (χ1) is 27.5. The number of aliphatic hydroxyl groups excluding tert-OH is 5. The van der Waals surface area contributed by atoms with Crippen LogP contribution in [0.5, 0.6) is 0 Å². The molecule has 6 N–H and O–H groups in total. The molecule has 0 aromatic heterocycles. The zero-order valence-electron chi connectivity index (χ0n) is 36.2. The minimum atomic E-state index is -5.01. The lowest BCUT2D eigenvalue weighted by molar-refractivity contribution is -0.220. The van der Waals surface area contributed by atoms with Crippen LogP contribution in [0.4, 0.5) is 0 Å². The quantitative estimate of drug-likeness (QED) is 0.0195. The molecule has 57 heavy (non-hydrogen) atoms. The molecule has 1 fully saturated rings. The largest absolute Gasteiger partial charge is 0.472 e. The van der Waals surface area contributed by atoms with Crippen molar-refractivity contribution in [2.75, 3.05) is 19.8 Å². The van der Waals surface area contributed by atoms with E-state index in [2.05, 4.69) is 13.8 Å². The van der Waals surface area contributed by atoms with Crippen molar-refractivity contribution in [1.82, 2.24) is 0 Å². The number of carbonyl (C=O) groups is 1. The number of aliphatic hydroxyl groups is 5. The highest BCUT2D eigenvalue weighted by molar-refractivity contribution is 7.47. The van der Waals surface area contributed by atoms with Crippen molar-refractivity contribution >= 4 is 13.8 Å². The summed E-state index contributed by atoms with van der Waals surface area (Å²) in [4.78, 5) is 23.1. The minimum Gasteiger partial charge on any atom is -0.457 e. The van der Waals surface area contributed by atoms with Crippen LogP contribution in [0.25, 0.3) is 0 Å². The van der Waals surface area contributed by atoms with E-state index in [4.69, 9.17) is 18.5 Å². The molecule has 0 amide bonds. The number of esters is 1. The molecule has 340 valence electrons. The summed E-state index contributed by atoms with van der Waals surface area (Å²) in [5, 5.41) is 50.1. The summed E-state index contributed by atoms with van der Waals surface area (Å²) < 4.78 is 34.2. The zero-order valence-corrected chi connectivity index (χ0v) is 37.1. The molecular formula is C44H87O12P. The van der Waals surface area contributed by atoms with Crippen molar-refractivity contribution in [3.8, 4) is 0 Å². The van der Waals surface area contributed by atoms with Gasteiger partial charge in [0.15, 0.2) is 0 Å². The van der Waals surface area contributed by atoms with Crippen LogP contribution in [-0.2, 0) is 27.9 Å². The van der Waals surface area contributed by atoms with E-state index in [-0.39, 0.29) is 13.0 Å². The fraction of sp³-hybridized carbons (Fsp3) is 0.977. The van der Waals surface area contributed by atoms with Gasteiger partial charge in [0.25, 0.3) is 0 Å². The Bertz CT molecular complexity index is 958. The third-order valence-corrected chi connectivity index (χ3v) is 12.2. The van der Waals surface area contributed by atoms with E-state index in [1.54, 1.807) is 0 Å². The monoisotopic (exact) mass is 839 g/mol. The van der Waals surface area contributed by atoms with Gasteiger partial charge in [-0.05, 0) is 12.8 Å². The van der Waals surface area contributed by atoms with Crippen molar-refractivity contribution in [2.24, 2.45) is 0 Å². The van der Waals surface area contributed by atoms with Crippen LogP contribution in [0.15, 0.2) is 0 Å². The van der Waals surface area contributed by atoms with E-state index < -0.39 is 63.1 Å². The fourth-order valence-electron chi connectivity index (χ4n) is 7.47. The summed E-state index contributed by atoms with van der Waals surface area (Å²) in [6, 6.07) is 0. The van der Waals surface area contributed by atoms with E-state index in [0.717, 1.165) is 38.5 Å². The third-order valence-electron chi connectivity index (χ3n) is 11.2.